The zero-order valence-corrected chi connectivity index (χ0v) is 24.7. The Morgan fingerprint density at radius 3 is 2.20 bits per heavy atom. The maximum atomic E-state index is 14.0. The molecule has 0 unspecified atom stereocenters. The van der Waals surface area contributed by atoms with Crippen LogP contribution in [0.1, 0.15) is 32.8 Å². The molecule has 0 radical (unpaired) electrons. The number of hydrogen-bond donors (Lipinski definition) is 1. The van der Waals surface area contributed by atoms with Crippen LogP contribution in [0, 0.1) is 5.82 Å². The molecule has 0 spiro atoms. The van der Waals surface area contributed by atoms with Crippen molar-refractivity contribution in [3.8, 4) is 11.5 Å². The number of methoxy groups -OCH3 is 2. The number of halogens is 1. The first kappa shape index (κ1) is 31.4. The van der Waals surface area contributed by atoms with Crippen LogP contribution in [0.25, 0.3) is 0 Å². The van der Waals surface area contributed by atoms with E-state index in [9.17, 15) is 22.4 Å². The summed E-state index contributed by atoms with van der Waals surface area (Å²) in [5.74, 6) is -0.937. The predicted octanol–water partition coefficient (Wildman–Crippen LogP) is 4.37. The summed E-state index contributed by atoms with van der Waals surface area (Å²) in [6, 6.07) is 16.8. The molecule has 220 valence electrons. The number of ether oxygens (including phenoxy) is 2. The van der Waals surface area contributed by atoms with Crippen LogP contribution in [-0.4, -0.2) is 58.0 Å². The Morgan fingerprint density at radius 1 is 0.951 bits per heavy atom. The van der Waals surface area contributed by atoms with Gasteiger partial charge < -0.3 is 19.7 Å². The van der Waals surface area contributed by atoms with Crippen LogP contribution in [0.15, 0.2) is 77.7 Å². The van der Waals surface area contributed by atoms with Crippen LogP contribution in [-0.2, 0) is 26.2 Å². The van der Waals surface area contributed by atoms with Crippen molar-refractivity contribution in [3.05, 3.63) is 84.2 Å². The Bertz CT molecular complexity index is 1430. The maximum Gasteiger partial charge on any atom is 0.264 e. The van der Waals surface area contributed by atoms with E-state index >= 15 is 0 Å². The molecule has 3 rings (SSSR count). The summed E-state index contributed by atoms with van der Waals surface area (Å²) in [7, 11) is -1.46. The Balaban J connectivity index is 2.10. The molecule has 1 N–H and O–H groups in total. The van der Waals surface area contributed by atoms with E-state index in [2.05, 4.69) is 5.32 Å². The fourth-order valence-electron chi connectivity index (χ4n) is 4.06. The number of benzene rings is 3. The predicted molar refractivity (Wildman–Crippen MR) is 155 cm³/mol. The molecule has 0 aliphatic carbocycles. The van der Waals surface area contributed by atoms with Gasteiger partial charge in [0.15, 0.2) is 0 Å². The summed E-state index contributed by atoms with van der Waals surface area (Å²) in [5.41, 5.74) is 0.655. The van der Waals surface area contributed by atoms with Crippen molar-refractivity contribution < 1.29 is 31.9 Å². The number of rotatable bonds is 13. The van der Waals surface area contributed by atoms with Crippen LogP contribution in [0.5, 0.6) is 11.5 Å². The third-order valence-electron chi connectivity index (χ3n) is 6.70. The minimum absolute atomic E-state index is 0.0367. The molecule has 41 heavy (non-hydrogen) atoms. The van der Waals surface area contributed by atoms with Crippen molar-refractivity contribution in [2.45, 2.75) is 50.7 Å². The highest BCUT2D eigenvalue weighted by molar-refractivity contribution is 7.92. The highest BCUT2D eigenvalue weighted by Gasteiger charge is 2.34. The highest BCUT2D eigenvalue weighted by Crippen LogP contribution is 2.36. The topological polar surface area (TPSA) is 105 Å². The number of carbonyl (C=O) groups is 2. The van der Waals surface area contributed by atoms with Crippen molar-refractivity contribution >= 4 is 27.5 Å². The average molecular weight is 586 g/mol. The summed E-state index contributed by atoms with van der Waals surface area (Å²) in [5, 5.41) is 2.87. The van der Waals surface area contributed by atoms with Gasteiger partial charge in [0.25, 0.3) is 10.0 Å². The molecule has 2 amide bonds. The molecule has 3 aromatic rings. The molecule has 0 fully saturated rings. The van der Waals surface area contributed by atoms with E-state index in [4.69, 9.17) is 9.47 Å². The summed E-state index contributed by atoms with van der Waals surface area (Å²) in [6.45, 7) is 4.64. The lowest BCUT2D eigenvalue weighted by Crippen LogP contribution is -2.52. The van der Waals surface area contributed by atoms with Crippen molar-refractivity contribution in [1.29, 1.82) is 0 Å². The molecule has 9 nitrogen and oxygen atoms in total. The number of nitrogens with zero attached hydrogens (tertiary/aromatic N) is 2. The summed E-state index contributed by atoms with van der Waals surface area (Å²) in [6.07, 6.45) is 0.684. The minimum Gasteiger partial charge on any atom is -0.497 e. The van der Waals surface area contributed by atoms with Crippen molar-refractivity contribution in [3.63, 3.8) is 0 Å². The first-order valence-corrected chi connectivity index (χ1v) is 14.6. The van der Waals surface area contributed by atoms with E-state index in [-0.39, 0.29) is 28.9 Å². The summed E-state index contributed by atoms with van der Waals surface area (Å²) in [4.78, 5) is 28.4. The van der Waals surface area contributed by atoms with Gasteiger partial charge in [0, 0.05) is 18.7 Å². The van der Waals surface area contributed by atoms with Crippen molar-refractivity contribution in [2.24, 2.45) is 0 Å². The minimum atomic E-state index is -4.29. The lowest BCUT2D eigenvalue weighted by Gasteiger charge is -2.33. The van der Waals surface area contributed by atoms with Gasteiger partial charge in [0.05, 0.1) is 24.8 Å². The van der Waals surface area contributed by atoms with Crippen LogP contribution in [0.3, 0.4) is 0 Å². The Hall–Kier alpha value is -4.12. The van der Waals surface area contributed by atoms with Gasteiger partial charge >= 0.3 is 0 Å². The van der Waals surface area contributed by atoms with Gasteiger partial charge in [-0.15, -0.1) is 0 Å². The van der Waals surface area contributed by atoms with Gasteiger partial charge in [-0.1, -0.05) is 37.3 Å². The molecular formula is C30H36FN3O6S. The second kappa shape index (κ2) is 14.0. The Kier molecular flexibility index (Phi) is 10.7. The van der Waals surface area contributed by atoms with Crippen LogP contribution in [0.2, 0.25) is 0 Å². The number of hydrogen-bond acceptors (Lipinski definition) is 6. The smallest absolute Gasteiger partial charge is 0.264 e. The van der Waals surface area contributed by atoms with Crippen molar-refractivity contribution in [2.75, 3.05) is 25.1 Å². The molecule has 0 saturated carbocycles. The number of carbonyl (C=O) groups excluding carboxylic acids is 2. The van der Waals surface area contributed by atoms with E-state index in [0.29, 0.717) is 17.7 Å². The molecule has 0 heterocycles. The zero-order chi connectivity index (χ0) is 30.2. The van der Waals surface area contributed by atoms with Gasteiger partial charge in [-0.2, -0.15) is 0 Å². The lowest BCUT2D eigenvalue weighted by atomic mass is 10.1. The molecule has 0 aliphatic heterocycles. The van der Waals surface area contributed by atoms with E-state index in [0.717, 1.165) is 4.31 Å². The Morgan fingerprint density at radius 2 is 1.61 bits per heavy atom. The maximum absolute atomic E-state index is 14.0. The first-order valence-electron chi connectivity index (χ1n) is 13.2. The lowest BCUT2D eigenvalue weighted by molar-refractivity contribution is -0.139. The second-order valence-electron chi connectivity index (χ2n) is 9.50. The van der Waals surface area contributed by atoms with Gasteiger partial charge in [-0.05, 0) is 62.2 Å². The number of anilines is 1. The van der Waals surface area contributed by atoms with Gasteiger partial charge in [-0.3, -0.25) is 13.9 Å². The third-order valence-corrected chi connectivity index (χ3v) is 8.47. The molecule has 0 aromatic heterocycles. The number of amides is 2. The standard InChI is InChI=1S/C30H36FN3O6S/c1-6-21(2)32-30(36)22(3)33(19-23-12-14-24(31)15-13-23)29(35)20-34(41(37,38)26-10-8-7-9-11-26)27-18-25(39-4)16-17-28(27)40-5/h7-18,21-22H,6,19-20H2,1-5H3,(H,32,36)/t21-,22-/m1/s1. The largest absolute Gasteiger partial charge is 0.497 e. The highest BCUT2D eigenvalue weighted by atomic mass is 32.2. The number of sulfonamides is 1. The molecule has 11 heteroatoms. The van der Waals surface area contributed by atoms with Gasteiger partial charge in [-0.25, -0.2) is 12.8 Å². The monoisotopic (exact) mass is 585 g/mol. The van der Waals surface area contributed by atoms with Crippen LogP contribution in [0.4, 0.5) is 10.1 Å². The second-order valence-corrected chi connectivity index (χ2v) is 11.4. The molecule has 0 bridgehead atoms. The molecule has 3 aromatic carbocycles. The SMILES string of the molecule is CC[C@@H](C)NC(=O)[C@@H](C)N(Cc1ccc(F)cc1)C(=O)CN(c1cc(OC)ccc1OC)S(=O)(=O)c1ccccc1. The van der Waals surface area contributed by atoms with E-state index in [1.54, 1.807) is 37.3 Å². The quantitative estimate of drug-likeness (QED) is 0.320. The molecule has 0 saturated heterocycles. The molecule has 2 atom stereocenters. The van der Waals surface area contributed by atoms with Gasteiger partial charge in [0.2, 0.25) is 11.8 Å². The fourth-order valence-corrected chi connectivity index (χ4v) is 5.50. The van der Waals surface area contributed by atoms with Gasteiger partial charge in [0.1, 0.15) is 29.9 Å². The Labute approximate surface area is 240 Å². The zero-order valence-electron chi connectivity index (χ0n) is 23.8. The van der Waals surface area contributed by atoms with Crippen LogP contribution < -0.4 is 19.1 Å². The fraction of sp³-hybridized carbons (Fsp3) is 0.333. The molecular weight excluding hydrogens is 549 g/mol. The number of nitrogens with one attached hydrogen (secondary N) is 1. The first-order chi connectivity index (χ1) is 19.5. The van der Waals surface area contributed by atoms with E-state index in [1.165, 1.54) is 61.6 Å². The summed E-state index contributed by atoms with van der Waals surface area (Å²) >= 11 is 0. The summed E-state index contributed by atoms with van der Waals surface area (Å²) < 4.78 is 53.3. The van der Waals surface area contributed by atoms with Crippen molar-refractivity contribution in [1.82, 2.24) is 10.2 Å². The average Bonchev–Trinajstić information content (AvgIpc) is 2.98. The third kappa shape index (κ3) is 7.75. The van der Waals surface area contributed by atoms with E-state index in [1.807, 2.05) is 13.8 Å². The van der Waals surface area contributed by atoms with Crippen LogP contribution >= 0.6 is 0 Å². The van der Waals surface area contributed by atoms with E-state index < -0.39 is 40.2 Å². The molecule has 0 aliphatic rings. The normalized spacial score (nSPS) is 12.6.